The maximum Gasteiger partial charge on any atom is 0.308 e. The predicted molar refractivity (Wildman–Crippen MR) is 266 cm³/mol. The minimum absolute atomic E-state index is 0.192. The van der Waals surface area contributed by atoms with Gasteiger partial charge in [0.1, 0.15) is 0 Å². The summed E-state index contributed by atoms with van der Waals surface area (Å²) in [6.07, 6.45) is 9.04. The maximum atomic E-state index is 13.4. The molecule has 0 aliphatic carbocycles. The summed E-state index contributed by atoms with van der Waals surface area (Å²) in [5, 5.41) is 20.5. The highest BCUT2D eigenvalue weighted by atomic mass is 35.5. The molecule has 4 heterocycles. The lowest BCUT2D eigenvalue weighted by Gasteiger charge is -2.33. The van der Waals surface area contributed by atoms with E-state index in [-0.39, 0.29) is 31.9 Å². The van der Waals surface area contributed by atoms with Gasteiger partial charge in [-0.25, -0.2) is 0 Å². The van der Waals surface area contributed by atoms with E-state index in [1.54, 1.807) is 22.0 Å². The summed E-state index contributed by atoms with van der Waals surface area (Å²) in [5.41, 5.74) is 5.63. The van der Waals surface area contributed by atoms with Crippen molar-refractivity contribution in [3.05, 3.63) is 104 Å². The Morgan fingerprint density at radius 1 is 0.567 bits per heavy atom. The highest BCUT2D eigenvalue weighted by Gasteiger charge is 2.29. The molecule has 0 aromatic heterocycles. The molecule has 0 spiro atoms. The van der Waals surface area contributed by atoms with Crippen LogP contribution in [0.15, 0.2) is 82.6 Å². The second-order valence-electron chi connectivity index (χ2n) is 16.9. The zero-order valence-electron chi connectivity index (χ0n) is 36.6. The van der Waals surface area contributed by atoms with Crippen molar-refractivity contribution in [2.24, 2.45) is 11.8 Å². The van der Waals surface area contributed by atoms with Crippen LogP contribution in [0.1, 0.15) is 36.8 Å². The maximum absolute atomic E-state index is 13.4. The van der Waals surface area contributed by atoms with Gasteiger partial charge in [0.05, 0.1) is 58.4 Å². The lowest BCUT2D eigenvalue weighted by molar-refractivity contribution is -0.142. The lowest BCUT2D eigenvalue weighted by Crippen LogP contribution is -2.39. The molecule has 4 fully saturated rings. The van der Waals surface area contributed by atoms with Gasteiger partial charge in [-0.1, -0.05) is 82.4 Å². The molecule has 352 valence electrons. The summed E-state index contributed by atoms with van der Waals surface area (Å²) >= 11 is 30.1. The summed E-state index contributed by atoms with van der Waals surface area (Å²) in [6, 6.07) is 19.4. The fourth-order valence-electron chi connectivity index (χ4n) is 8.96. The van der Waals surface area contributed by atoms with Crippen LogP contribution < -0.4 is 9.80 Å². The van der Waals surface area contributed by atoms with E-state index in [2.05, 4.69) is 9.80 Å². The summed E-state index contributed by atoms with van der Waals surface area (Å²) < 4.78 is 10.9. The number of carbonyl (C=O) groups excluding carboxylic acids is 2. The number of morpholine rings is 2. The Morgan fingerprint density at radius 2 is 0.970 bits per heavy atom. The molecule has 8 rings (SSSR count). The van der Waals surface area contributed by atoms with Gasteiger partial charge in [-0.05, 0) is 96.5 Å². The standard InChI is InChI=1S/C50H50Cl4N4O8S/c51-45-37(11-13-43(59)55-17-21-65-22-18-55)39(31-5-1-9-35(25-31)57-15-3-7-33(29-57)49(61)62)27-41(47(45)53)67-42-28-40(32-6-2-10-36(26-32)58-16-4-8-34(30-58)50(63)64)38(46(52)48(42)54)12-14-44(60)56-19-23-66-24-20-56/h1-2,5-6,9-14,25-28,33-34H,3-4,7-8,15-24,29-30H2,(H,61,62)(H,63,64). The third-order valence-corrected chi connectivity index (χ3v) is 15.7. The van der Waals surface area contributed by atoms with E-state index in [1.807, 2.05) is 60.7 Å². The predicted octanol–water partition coefficient (Wildman–Crippen LogP) is 10.1. The summed E-state index contributed by atoms with van der Waals surface area (Å²) in [7, 11) is 0. The normalized spacial score (nSPS) is 19.3. The first-order valence-corrected chi connectivity index (χ1v) is 24.7. The van der Waals surface area contributed by atoms with Crippen molar-refractivity contribution >= 4 is 105 Å². The second-order valence-corrected chi connectivity index (χ2v) is 19.5. The second kappa shape index (κ2) is 22.1. The van der Waals surface area contributed by atoms with E-state index in [1.165, 1.54) is 23.9 Å². The van der Waals surface area contributed by atoms with Gasteiger partial charge in [-0.3, -0.25) is 19.2 Å². The number of nitrogens with zero attached hydrogens (tertiary/aromatic N) is 4. The molecule has 2 unspecified atom stereocenters. The largest absolute Gasteiger partial charge is 0.481 e. The Balaban J connectivity index is 1.21. The highest BCUT2D eigenvalue weighted by Crippen LogP contribution is 2.49. The Morgan fingerprint density at radius 3 is 1.36 bits per heavy atom. The fourth-order valence-corrected chi connectivity index (χ4v) is 11.1. The third-order valence-electron chi connectivity index (χ3n) is 12.7. The number of carbonyl (C=O) groups is 4. The van der Waals surface area contributed by atoms with Crippen molar-refractivity contribution in [2.75, 3.05) is 88.6 Å². The number of carboxylic acid groups (broad SMARTS) is 2. The lowest BCUT2D eigenvalue weighted by atomic mass is 9.96. The number of ether oxygens (including phenoxy) is 2. The molecule has 4 aromatic carbocycles. The smallest absolute Gasteiger partial charge is 0.308 e. The van der Waals surface area contributed by atoms with Gasteiger partial charge >= 0.3 is 11.9 Å². The van der Waals surface area contributed by atoms with Crippen molar-refractivity contribution in [3.8, 4) is 22.3 Å². The number of aliphatic carboxylic acids is 2. The number of hydrogen-bond acceptors (Lipinski definition) is 9. The Bertz CT molecular complexity index is 2420. The molecule has 0 radical (unpaired) electrons. The van der Waals surface area contributed by atoms with Crippen LogP contribution in [-0.4, -0.2) is 123 Å². The summed E-state index contributed by atoms with van der Waals surface area (Å²) in [4.78, 5) is 59.5. The molecule has 2 atom stereocenters. The molecule has 2 N–H and O–H groups in total. The van der Waals surface area contributed by atoms with Crippen molar-refractivity contribution in [1.82, 2.24) is 9.80 Å². The number of piperidine rings is 2. The number of halogens is 4. The van der Waals surface area contributed by atoms with Gasteiger partial charge in [0.15, 0.2) is 0 Å². The van der Waals surface area contributed by atoms with Crippen molar-refractivity contribution < 1.29 is 38.9 Å². The molecule has 4 aliphatic heterocycles. The van der Waals surface area contributed by atoms with Crippen LogP contribution in [0.3, 0.4) is 0 Å². The molecule has 0 saturated carbocycles. The topological polar surface area (TPSA) is 140 Å². The van der Waals surface area contributed by atoms with Crippen molar-refractivity contribution in [2.45, 2.75) is 35.5 Å². The molecule has 4 aromatic rings. The Labute approximate surface area is 414 Å². The number of hydrogen-bond donors (Lipinski definition) is 2. The van der Waals surface area contributed by atoms with Gasteiger partial charge in [0.25, 0.3) is 0 Å². The molecule has 2 amide bonds. The van der Waals surface area contributed by atoms with Crippen LogP contribution in [0.4, 0.5) is 11.4 Å². The number of rotatable bonds is 12. The molecule has 4 saturated heterocycles. The Hall–Kier alpha value is -4.73. The summed E-state index contributed by atoms with van der Waals surface area (Å²) in [6.45, 7) is 5.81. The zero-order valence-corrected chi connectivity index (χ0v) is 40.4. The van der Waals surface area contributed by atoms with Crippen molar-refractivity contribution in [3.63, 3.8) is 0 Å². The molecule has 67 heavy (non-hydrogen) atoms. The van der Waals surface area contributed by atoms with E-state index < -0.39 is 23.8 Å². The molecular formula is C50H50Cl4N4O8S. The first-order chi connectivity index (χ1) is 32.4. The van der Waals surface area contributed by atoms with Crippen LogP contribution in [-0.2, 0) is 28.7 Å². The van der Waals surface area contributed by atoms with Gasteiger partial charge in [-0.2, -0.15) is 0 Å². The quantitative estimate of drug-likeness (QED) is 0.131. The SMILES string of the molecule is O=C(O)C1CCCN(c2cccc(-c3cc(Sc4cc(-c5cccc(N6CCCC(C(=O)O)C6)c5)c(C=CC(=O)N5CCOCC5)c(Cl)c4Cl)c(Cl)c(Cl)c3C=CC(=O)N3CCOCC3)c2)C1. The van der Waals surface area contributed by atoms with Crippen LogP contribution in [0.25, 0.3) is 34.4 Å². The van der Waals surface area contributed by atoms with Gasteiger partial charge in [0.2, 0.25) is 11.8 Å². The van der Waals surface area contributed by atoms with E-state index in [9.17, 15) is 29.4 Å². The van der Waals surface area contributed by atoms with Gasteiger partial charge in [0, 0.05) is 96.8 Å². The molecular weight excluding hydrogens is 958 g/mol. The van der Waals surface area contributed by atoms with Gasteiger partial charge < -0.3 is 39.3 Å². The number of amides is 2. The fraction of sp³-hybridized carbons (Fsp3) is 0.360. The van der Waals surface area contributed by atoms with E-state index in [0.29, 0.717) is 124 Å². The molecule has 0 bridgehead atoms. The van der Waals surface area contributed by atoms with Crippen LogP contribution >= 0.6 is 58.2 Å². The van der Waals surface area contributed by atoms with Crippen molar-refractivity contribution in [1.29, 1.82) is 0 Å². The molecule has 12 nitrogen and oxygen atoms in total. The van der Waals surface area contributed by atoms with Crippen LogP contribution in [0.5, 0.6) is 0 Å². The highest BCUT2D eigenvalue weighted by molar-refractivity contribution is 7.99. The molecule has 4 aliphatic rings. The zero-order chi connectivity index (χ0) is 47.2. The van der Waals surface area contributed by atoms with E-state index in [0.717, 1.165) is 35.3 Å². The Kier molecular flexibility index (Phi) is 16.1. The first-order valence-electron chi connectivity index (χ1n) is 22.3. The average Bonchev–Trinajstić information content (AvgIpc) is 3.36. The minimum Gasteiger partial charge on any atom is -0.481 e. The van der Waals surface area contributed by atoms with Crippen LogP contribution in [0.2, 0.25) is 20.1 Å². The molecule has 17 heteroatoms. The monoisotopic (exact) mass is 1010 g/mol. The number of anilines is 2. The minimum atomic E-state index is -0.819. The van der Waals surface area contributed by atoms with E-state index in [4.69, 9.17) is 55.9 Å². The van der Waals surface area contributed by atoms with Gasteiger partial charge in [-0.15, -0.1) is 0 Å². The first kappa shape index (κ1) is 48.7. The third kappa shape index (κ3) is 11.4. The van der Waals surface area contributed by atoms with E-state index >= 15 is 0 Å². The average molecular weight is 1010 g/mol. The number of benzene rings is 4. The number of carboxylic acids is 2. The van der Waals surface area contributed by atoms with Crippen LogP contribution in [0, 0.1) is 11.8 Å². The summed E-state index contributed by atoms with van der Waals surface area (Å²) in [5.74, 6) is -2.99.